The lowest BCUT2D eigenvalue weighted by Crippen LogP contribution is -2.39. The first-order valence-electron chi connectivity index (χ1n) is 9.15. The minimum Gasteiger partial charge on any atom is -0.507 e. The molecule has 0 spiro atoms. The predicted molar refractivity (Wildman–Crippen MR) is 120 cm³/mol. The van der Waals surface area contributed by atoms with Gasteiger partial charge in [-0.25, -0.2) is 9.79 Å². The quantitative estimate of drug-likeness (QED) is 0.589. The fourth-order valence-corrected chi connectivity index (χ4v) is 4.78. The van der Waals surface area contributed by atoms with E-state index in [-0.39, 0.29) is 16.9 Å². The van der Waals surface area contributed by atoms with Crippen LogP contribution in [0.3, 0.4) is 0 Å². The summed E-state index contributed by atoms with van der Waals surface area (Å²) < 4.78 is 6.77. The Morgan fingerprint density at radius 2 is 1.87 bits per heavy atom. The number of aromatic nitrogens is 1. The number of hydrogen-bond acceptors (Lipinski definition) is 6. The van der Waals surface area contributed by atoms with E-state index in [1.54, 1.807) is 49.4 Å². The number of rotatable bonds is 3. The summed E-state index contributed by atoms with van der Waals surface area (Å²) >= 11 is 13.2. The molecule has 0 saturated carbocycles. The molecule has 3 aromatic rings. The lowest BCUT2D eigenvalue weighted by Gasteiger charge is -2.24. The number of benzene rings is 2. The van der Waals surface area contributed by atoms with Crippen LogP contribution in [0.2, 0.25) is 10.0 Å². The lowest BCUT2D eigenvalue weighted by molar-refractivity contribution is -0.136. The summed E-state index contributed by atoms with van der Waals surface area (Å²) in [6.07, 6.45) is 1.56. The summed E-state index contributed by atoms with van der Waals surface area (Å²) in [4.78, 5) is 30.9. The highest BCUT2D eigenvalue weighted by Crippen LogP contribution is 2.31. The first kappa shape index (κ1) is 21.4. The number of hydrogen-bond donors (Lipinski definition) is 1. The van der Waals surface area contributed by atoms with Crippen molar-refractivity contribution in [2.45, 2.75) is 13.0 Å². The summed E-state index contributed by atoms with van der Waals surface area (Å²) in [7, 11) is 1.29. The second-order valence-electron chi connectivity index (χ2n) is 6.83. The third-order valence-corrected chi connectivity index (χ3v) is 6.36. The van der Waals surface area contributed by atoms with Crippen LogP contribution in [0, 0.1) is 0 Å². The molecule has 31 heavy (non-hydrogen) atoms. The molecule has 2 aromatic carbocycles. The second kappa shape index (κ2) is 8.34. The average molecular weight is 475 g/mol. The van der Waals surface area contributed by atoms with Gasteiger partial charge < -0.3 is 9.84 Å². The molecule has 1 aliphatic heterocycles. The van der Waals surface area contributed by atoms with Crippen molar-refractivity contribution in [2.24, 2.45) is 4.99 Å². The molecular formula is C22H16Cl2N2O4S. The predicted octanol–water partition coefficient (Wildman–Crippen LogP) is 3.42. The van der Waals surface area contributed by atoms with Gasteiger partial charge in [0.15, 0.2) is 4.80 Å². The molecule has 158 valence electrons. The zero-order valence-corrected chi connectivity index (χ0v) is 18.8. The number of allylic oxidation sites excluding steroid dienone is 1. The molecule has 1 N–H and O–H groups in total. The fraction of sp³-hybridized carbons (Fsp3) is 0.136. The Kier molecular flexibility index (Phi) is 5.75. The van der Waals surface area contributed by atoms with E-state index in [2.05, 4.69) is 4.99 Å². The number of halogens is 2. The van der Waals surface area contributed by atoms with Crippen molar-refractivity contribution in [3.8, 4) is 5.75 Å². The zero-order chi connectivity index (χ0) is 22.3. The van der Waals surface area contributed by atoms with Gasteiger partial charge in [-0.2, -0.15) is 0 Å². The van der Waals surface area contributed by atoms with E-state index in [9.17, 15) is 14.7 Å². The monoisotopic (exact) mass is 474 g/mol. The molecule has 0 bridgehead atoms. The molecule has 1 aromatic heterocycles. The Labute approximate surface area is 191 Å². The van der Waals surface area contributed by atoms with E-state index in [4.69, 9.17) is 27.9 Å². The van der Waals surface area contributed by atoms with E-state index in [0.717, 1.165) is 11.3 Å². The van der Waals surface area contributed by atoms with E-state index >= 15 is 0 Å². The highest BCUT2D eigenvalue weighted by Gasteiger charge is 2.33. The molecule has 4 rings (SSSR count). The molecule has 6 nitrogen and oxygen atoms in total. The number of aromatic hydroxyl groups is 1. The van der Waals surface area contributed by atoms with Gasteiger partial charge in [-0.15, -0.1) is 0 Å². The third-order valence-electron chi connectivity index (χ3n) is 4.89. The van der Waals surface area contributed by atoms with E-state index in [1.807, 2.05) is 0 Å². The van der Waals surface area contributed by atoms with Gasteiger partial charge >= 0.3 is 5.97 Å². The van der Waals surface area contributed by atoms with Gasteiger partial charge in [0.1, 0.15) is 5.75 Å². The summed E-state index contributed by atoms with van der Waals surface area (Å²) in [6, 6.07) is 10.8. The Balaban J connectivity index is 1.99. The molecule has 1 atom stereocenters. The van der Waals surface area contributed by atoms with Crippen molar-refractivity contribution < 1.29 is 14.6 Å². The number of phenolic OH excluding ortho intramolecular Hbond substituents is 1. The van der Waals surface area contributed by atoms with Crippen molar-refractivity contribution in [3.05, 3.63) is 94.6 Å². The fourth-order valence-electron chi connectivity index (χ4n) is 3.44. The van der Waals surface area contributed by atoms with Gasteiger partial charge in [0.25, 0.3) is 5.56 Å². The molecular weight excluding hydrogens is 459 g/mol. The van der Waals surface area contributed by atoms with Crippen molar-refractivity contribution in [1.82, 2.24) is 4.57 Å². The average Bonchev–Trinajstić information content (AvgIpc) is 3.04. The van der Waals surface area contributed by atoms with Crippen LogP contribution in [0.1, 0.15) is 24.1 Å². The van der Waals surface area contributed by atoms with Crippen LogP contribution in [-0.2, 0) is 9.53 Å². The van der Waals surface area contributed by atoms with Crippen LogP contribution < -0.4 is 14.9 Å². The summed E-state index contributed by atoms with van der Waals surface area (Å²) in [6.45, 7) is 1.70. The molecule has 0 aliphatic carbocycles. The normalized spacial score (nSPS) is 16.1. The summed E-state index contributed by atoms with van der Waals surface area (Å²) in [5.41, 5.74) is 1.48. The second-order valence-corrected chi connectivity index (χ2v) is 8.71. The van der Waals surface area contributed by atoms with E-state index in [1.165, 1.54) is 17.7 Å². The first-order chi connectivity index (χ1) is 14.8. The topological polar surface area (TPSA) is 80.9 Å². The lowest BCUT2D eigenvalue weighted by atomic mass is 9.96. The number of thiazole rings is 1. The van der Waals surface area contributed by atoms with Gasteiger partial charge in [0, 0.05) is 15.6 Å². The number of methoxy groups -OCH3 is 1. The molecule has 0 radical (unpaired) electrons. The summed E-state index contributed by atoms with van der Waals surface area (Å²) in [5.74, 6) is -0.570. The first-order valence-corrected chi connectivity index (χ1v) is 10.7. The summed E-state index contributed by atoms with van der Waals surface area (Å²) in [5, 5.41) is 11.1. The van der Waals surface area contributed by atoms with Crippen LogP contribution in [0.25, 0.3) is 6.08 Å². The molecule has 0 saturated heterocycles. The van der Waals surface area contributed by atoms with Gasteiger partial charge in [-0.05, 0) is 48.9 Å². The molecule has 0 amide bonds. The molecule has 9 heteroatoms. The van der Waals surface area contributed by atoms with Crippen LogP contribution in [0.15, 0.2) is 63.5 Å². The minimum atomic E-state index is -0.726. The molecule has 0 unspecified atom stereocenters. The number of nitrogens with zero attached hydrogens (tertiary/aromatic N) is 2. The Morgan fingerprint density at radius 1 is 1.19 bits per heavy atom. The number of esters is 1. The van der Waals surface area contributed by atoms with E-state index in [0.29, 0.717) is 36.2 Å². The van der Waals surface area contributed by atoms with Crippen LogP contribution in [0.5, 0.6) is 5.75 Å². The molecule has 2 heterocycles. The van der Waals surface area contributed by atoms with Gasteiger partial charge in [0.05, 0.1) is 29.0 Å². The van der Waals surface area contributed by atoms with Gasteiger partial charge in [0.2, 0.25) is 0 Å². The van der Waals surface area contributed by atoms with Crippen molar-refractivity contribution >= 4 is 46.6 Å². The van der Waals surface area contributed by atoms with Crippen molar-refractivity contribution in [1.29, 1.82) is 0 Å². The molecule has 0 fully saturated rings. The zero-order valence-electron chi connectivity index (χ0n) is 16.4. The standard InChI is InChI=1S/C22H16Cl2N2O4S/c1-11-18(21(29)30-2)19(12-3-5-14(23)6-4-12)26-20(28)17(31-22(26)25-11)10-13-9-15(24)7-8-16(13)27/h3-10,19,27H,1-2H3/b17-10-/t19-/m0/s1. The number of carbonyl (C=O) groups excluding carboxylic acids is 1. The SMILES string of the molecule is COC(=O)C1=C(C)N=c2s/c(=C\c3cc(Cl)ccc3O)c(=O)n2[C@H]1c1ccc(Cl)cc1. The highest BCUT2D eigenvalue weighted by molar-refractivity contribution is 7.07. The number of phenols is 1. The molecule has 1 aliphatic rings. The maximum Gasteiger partial charge on any atom is 0.338 e. The number of fused-ring (bicyclic) bond motifs is 1. The van der Waals surface area contributed by atoms with Crippen LogP contribution in [-0.4, -0.2) is 22.8 Å². The van der Waals surface area contributed by atoms with Gasteiger partial charge in [-0.3, -0.25) is 9.36 Å². The Hall–Kier alpha value is -2.87. The number of ether oxygens (including phenoxy) is 1. The number of carbonyl (C=O) groups is 1. The van der Waals surface area contributed by atoms with Crippen molar-refractivity contribution in [2.75, 3.05) is 7.11 Å². The third kappa shape index (κ3) is 3.92. The maximum atomic E-state index is 13.4. The van der Waals surface area contributed by atoms with Gasteiger partial charge in [-0.1, -0.05) is 46.7 Å². The van der Waals surface area contributed by atoms with Crippen LogP contribution in [0.4, 0.5) is 0 Å². The Bertz CT molecular complexity index is 1400. The minimum absolute atomic E-state index is 0.00378. The van der Waals surface area contributed by atoms with E-state index < -0.39 is 12.0 Å². The van der Waals surface area contributed by atoms with Crippen molar-refractivity contribution in [3.63, 3.8) is 0 Å². The largest absolute Gasteiger partial charge is 0.507 e. The smallest absolute Gasteiger partial charge is 0.338 e. The Morgan fingerprint density at radius 3 is 2.55 bits per heavy atom. The maximum absolute atomic E-state index is 13.4. The highest BCUT2D eigenvalue weighted by atomic mass is 35.5. The van der Waals surface area contributed by atoms with Crippen LogP contribution >= 0.6 is 34.5 Å².